The molecule has 0 spiro atoms. The number of hydrogen-bond acceptors (Lipinski definition) is 0. The Morgan fingerprint density at radius 3 is 1.84 bits per heavy atom. The fourth-order valence-electron chi connectivity index (χ4n) is 1.87. The molecule has 2 aromatic carbocycles. The van der Waals surface area contributed by atoms with E-state index in [9.17, 15) is 26.3 Å². The van der Waals surface area contributed by atoms with Gasteiger partial charge in [-0.2, -0.15) is 0 Å². The molecule has 0 nitrogen and oxygen atoms in total. The summed E-state index contributed by atoms with van der Waals surface area (Å²) in [4.78, 5) is 0. The molecule has 0 amide bonds. The topological polar surface area (TPSA) is 0 Å². The zero-order chi connectivity index (χ0) is 14.3. The van der Waals surface area contributed by atoms with Crippen LogP contribution in [0.3, 0.4) is 0 Å². The van der Waals surface area contributed by atoms with Gasteiger partial charge < -0.3 is 0 Å². The van der Waals surface area contributed by atoms with Gasteiger partial charge in [-0.15, -0.1) is 6.58 Å². The highest BCUT2D eigenvalue weighted by atomic mass is 19.2. The number of rotatable bonds is 2. The summed E-state index contributed by atoms with van der Waals surface area (Å²) in [5.74, 6) is -10.7. The summed E-state index contributed by atoms with van der Waals surface area (Å²) in [5.41, 5.74) is -0.485. The van der Waals surface area contributed by atoms with E-state index >= 15 is 0 Å². The van der Waals surface area contributed by atoms with Crippen LogP contribution in [0.4, 0.5) is 26.3 Å². The zero-order valence-corrected chi connectivity index (χ0v) is 9.34. The van der Waals surface area contributed by atoms with Gasteiger partial charge in [-0.1, -0.05) is 6.08 Å². The first kappa shape index (κ1) is 13.5. The second kappa shape index (κ2) is 4.60. The Bertz CT molecular complexity index is 690. The normalized spacial score (nSPS) is 11.1. The summed E-state index contributed by atoms with van der Waals surface area (Å²) in [5, 5.41) is -2.07. The van der Waals surface area contributed by atoms with Crippen molar-refractivity contribution in [2.75, 3.05) is 0 Å². The molecule has 0 aromatic heterocycles. The molecule has 0 fully saturated rings. The summed E-state index contributed by atoms with van der Waals surface area (Å²) in [6.45, 7) is 3.27. The van der Waals surface area contributed by atoms with Crippen molar-refractivity contribution >= 4 is 10.8 Å². The van der Waals surface area contributed by atoms with Crippen LogP contribution in [-0.2, 0) is 6.42 Å². The summed E-state index contributed by atoms with van der Waals surface area (Å²) >= 11 is 0. The minimum Gasteiger partial charge on any atom is -0.207 e. The third-order valence-corrected chi connectivity index (χ3v) is 2.70. The maximum Gasteiger partial charge on any atom is 0.198 e. The van der Waals surface area contributed by atoms with Gasteiger partial charge in [0.2, 0.25) is 0 Å². The standard InChI is InChI=1S/C13H6F6/c1-2-3-5-6(14)4-7(15)9-8(5)10(16)12(18)13(19)11(9)17/h2,4H,1,3H2. The smallest absolute Gasteiger partial charge is 0.198 e. The van der Waals surface area contributed by atoms with Gasteiger partial charge in [0.15, 0.2) is 23.3 Å². The van der Waals surface area contributed by atoms with E-state index in [4.69, 9.17) is 0 Å². The Kier molecular flexibility index (Phi) is 3.26. The van der Waals surface area contributed by atoms with Gasteiger partial charge in [0.1, 0.15) is 11.6 Å². The highest BCUT2D eigenvalue weighted by Gasteiger charge is 2.26. The summed E-state index contributed by atoms with van der Waals surface area (Å²) in [6, 6.07) is 0.293. The Morgan fingerprint density at radius 1 is 0.789 bits per heavy atom. The first-order valence-electron chi connectivity index (χ1n) is 5.13. The van der Waals surface area contributed by atoms with E-state index in [1.807, 2.05) is 0 Å². The van der Waals surface area contributed by atoms with E-state index < -0.39 is 51.2 Å². The lowest BCUT2D eigenvalue weighted by Gasteiger charge is -2.11. The van der Waals surface area contributed by atoms with Gasteiger partial charge in [0, 0.05) is 17.0 Å². The lowest BCUT2D eigenvalue weighted by atomic mass is 9.99. The average molecular weight is 276 g/mol. The van der Waals surface area contributed by atoms with Crippen molar-refractivity contribution < 1.29 is 26.3 Å². The quantitative estimate of drug-likeness (QED) is 0.330. The van der Waals surface area contributed by atoms with E-state index in [1.54, 1.807) is 0 Å². The van der Waals surface area contributed by atoms with Gasteiger partial charge >= 0.3 is 0 Å². The molecule has 2 rings (SSSR count). The lowest BCUT2D eigenvalue weighted by molar-refractivity contribution is 0.415. The summed E-state index contributed by atoms with van der Waals surface area (Å²) < 4.78 is 80.3. The van der Waals surface area contributed by atoms with Crippen LogP contribution in [0.15, 0.2) is 18.7 Å². The molecule has 2 aromatic rings. The minimum absolute atomic E-state index is 0.288. The van der Waals surface area contributed by atoms with E-state index in [-0.39, 0.29) is 6.42 Å². The van der Waals surface area contributed by atoms with E-state index in [0.29, 0.717) is 6.07 Å². The van der Waals surface area contributed by atoms with Crippen LogP contribution in [0, 0.1) is 34.9 Å². The zero-order valence-electron chi connectivity index (χ0n) is 9.34. The van der Waals surface area contributed by atoms with Crippen LogP contribution in [0.2, 0.25) is 0 Å². The summed E-state index contributed by atoms with van der Waals surface area (Å²) in [7, 11) is 0. The molecule has 0 aliphatic heterocycles. The molecular formula is C13H6F6. The molecule has 0 saturated heterocycles. The van der Waals surface area contributed by atoms with Crippen molar-refractivity contribution in [2.24, 2.45) is 0 Å². The van der Waals surface area contributed by atoms with Gasteiger partial charge in [0.05, 0.1) is 5.39 Å². The maximum atomic E-state index is 13.6. The first-order chi connectivity index (χ1) is 8.90. The first-order valence-corrected chi connectivity index (χ1v) is 5.13. The number of allylic oxidation sites excluding steroid dienone is 1. The molecule has 0 bridgehead atoms. The van der Waals surface area contributed by atoms with Gasteiger partial charge in [-0.3, -0.25) is 0 Å². The Morgan fingerprint density at radius 2 is 1.32 bits per heavy atom. The molecule has 0 aliphatic carbocycles. The minimum atomic E-state index is -2.14. The van der Waals surface area contributed by atoms with Crippen molar-refractivity contribution in [3.05, 3.63) is 59.2 Å². The largest absolute Gasteiger partial charge is 0.207 e. The highest BCUT2D eigenvalue weighted by molar-refractivity contribution is 5.88. The highest BCUT2D eigenvalue weighted by Crippen LogP contribution is 2.33. The maximum absolute atomic E-state index is 13.6. The number of benzene rings is 2. The van der Waals surface area contributed by atoms with E-state index in [0.717, 1.165) is 6.08 Å². The monoisotopic (exact) mass is 276 g/mol. The second-order valence-corrected chi connectivity index (χ2v) is 3.82. The van der Waals surface area contributed by atoms with Crippen LogP contribution in [0.1, 0.15) is 5.56 Å². The van der Waals surface area contributed by atoms with Crippen molar-refractivity contribution in [1.82, 2.24) is 0 Å². The van der Waals surface area contributed by atoms with Crippen LogP contribution in [0.5, 0.6) is 0 Å². The summed E-state index contributed by atoms with van der Waals surface area (Å²) in [6.07, 6.45) is 0.860. The third kappa shape index (κ3) is 1.87. The molecular weight excluding hydrogens is 270 g/mol. The van der Waals surface area contributed by atoms with Gasteiger partial charge in [-0.05, 0) is 6.42 Å². The molecule has 19 heavy (non-hydrogen) atoms. The predicted molar refractivity (Wildman–Crippen MR) is 57.6 cm³/mol. The van der Waals surface area contributed by atoms with Crippen LogP contribution < -0.4 is 0 Å². The lowest BCUT2D eigenvalue weighted by Crippen LogP contribution is -2.04. The van der Waals surface area contributed by atoms with E-state index in [2.05, 4.69) is 6.58 Å². The average Bonchev–Trinajstić information content (AvgIpc) is 2.36. The number of fused-ring (bicyclic) bond motifs is 1. The molecule has 0 aliphatic rings. The van der Waals surface area contributed by atoms with Gasteiger partial charge in [0.25, 0.3) is 0 Å². The molecule has 100 valence electrons. The van der Waals surface area contributed by atoms with Crippen molar-refractivity contribution in [3.63, 3.8) is 0 Å². The Balaban J connectivity index is 3.10. The number of halogens is 6. The fourth-order valence-corrected chi connectivity index (χ4v) is 1.87. The fraction of sp³-hybridized carbons (Fsp3) is 0.0769. The molecule has 6 heteroatoms. The molecule has 0 heterocycles. The van der Waals surface area contributed by atoms with Crippen molar-refractivity contribution in [3.8, 4) is 0 Å². The molecule has 0 unspecified atom stereocenters. The molecule has 0 saturated carbocycles. The number of hydrogen-bond donors (Lipinski definition) is 0. The van der Waals surface area contributed by atoms with Gasteiger partial charge in [-0.25, -0.2) is 26.3 Å². The molecule has 0 atom stereocenters. The van der Waals surface area contributed by atoms with Crippen LogP contribution >= 0.6 is 0 Å². The Hall–Kier alpha value is -1.98. The van der Waals surface area contributed by atoms with E-state index in [1.165, 1.54) is 0 Å². The SMILES string of the molecule is C=CCc1c(F)cc(F)c2c(F)c(F)c(F)c(F)c12. The van der Waals surface area contributed by atoms with Crippen molar-refractivity contribution in [1.29, 1.82) is 0 Å². The third-order valence-electron chi connectivity index (χ3n) is 2.70. The van der Waals surface area contributed by atoms with Crippen LogP contribution in [-0.4, -0.2) is 0 Å². The molecule has 0 radical (unpaired) electrons. The molecule has 0 N–H and O–H groups in total. The predicted octanol–water partition coefficient (Wildman–Crippen LogP) is 4.40. The van der Waals surface area contributed by atoms with Crippen molar-refractivity contribution in [2.45, 2.75) is 6.42 Å². The second-order valence-electron chi connectivity index (χ2n) is 3.82. The van der Waals surface area contributed by atoms with Crippen LogP contribution in [0.25, 0.3) is 10.8 Å². The Labute approximate surface area is 104 Å².